The Bertz CT molecular complexity index is 2910. The van der Waals surface area contributed by atoms with E-state index in [9.17, 15) is 0 Å². The monoisotopic (exact) mass is 657 g/mol. The Morgan fingerprint density at radius 2 is 1.37 bits per heavy atom. The van der Waals surface area contributed by atoms with Crippen LogP contribution in [-0.4, -0.2) is 14.5 Å². The van der Waals surface area contributed by atoms with Crippen LogP contribution in [0.2, 0.25) is 0 Å². The molecule has 4 heteroatoms. The number of furan rings is 1. The molecule has 0 fully saturated rings. The van der Waals surface area contributed by atoms with Crippen molar-refractivity contribution in [3.63, 3.8) is 0 Å². The summed E-state index contributed by atoms with van der Waals surface area (Å²) in [7, 11) is 0. The highest BCUT2D eigenvalue weighted by Gasteiger charge is 2.36. The summed E-state index contributed by atoms with van der Waals surface area (Å²) in [4.78, 5) is 10.4. The van der Waals surface area contributed by atoms with E-state index < -0.39 is 0 Å². The molecular weight excluding hydrogens is 623 g/mol. The van der Waals surface area contributed by atoms with Gasteiger partial charge in [-0.3, -0.25) is 0 Å². The third kappa shape index (κ3) is 4.26. The first-order chi connectivity index (χ1) is 24.9. The lowest BCUT2D eigenvalue weighted by Gasteiger charge is -2.35. The Morgan fingerprint density at radius 1 is 0.647 bits per heavy atom. The van der Waals surface area contributed by atoms with E-state index in [1.165, 1.54) is 33.1 Å². The van der Waals surface area contributed by atoms with Crippen LogP contribution >= 0.6 is 0 Å². The maximum Gasteiger partial charge on any atom is 0.161 e. The van der Waals surface area contributed by atoms with Gasteiger partial charge in [0.2, 0.25) is 0 Å². The van der Waals surface area contributed by atoms with Crippen molar-refractivity contribution >= 4 is 49.8 Å². The maximum absolute atomic E-state index is 6.51. The summed E-state index contributed by atoms with van der Waals surface area (Å²) >= 11 is 0. The molecule has 0 aliphatic carbocycles. The molecule has 4 nitrogen and oxygen atoms in total. The molecule has 0 amide bonds. The zero-order chi connectivity index (χ0) is 34.4. The van der Waals surface area contributed by atoms with Crippen molar-refractivity contribution in [3.05, 3.63) is 156 Å². The van der Waals surface area contributed by atoms with E-state index in [-0.39, 0.29) is 5.41 Å². The Labute approximate surface area is 296 Å². The number of benzene rings is 6. The fraction of sp³-hybridized carbons (Fsp3) is 0.106. The molecule has 0 N–H and O–H groups in total. The minimum absolute atomic E-state index is 0.222. The van der Waals surface area contributed by atoms with Gasteiger partial charge in [-0.2, -0.15) is 0 Å². The standard InChI is InChI=1S/C47H35N3O/c1-5-13-33-28(2)48-46(49-42(33)35-20-11-15-29-14-6-7-18-34(29)35)32-17-10-16-30(26-32)31-24-25-40-39(27-31)47(3,4)38-22-12-21-37-43(38)50(40)44-36-19-8-9-23-41(36)51-45(37)44/h5-27H,1-4H3/b13-5-. The van der Waals surface area contributed by atoms with E-state index in [2.05, 4.69) is 159 Å². The van der Waals surface area contributed by atoms with Crippen LogP contribution in [-0.2, 0) is 5.41 Å². The molecule has 0 bridgehead atoms. The number of allylic oxidation sites excluding steroid dienone is 1. The molecule has 51 heavy (non-hydrogen) atoms. The van der Waals surface area contributed by atoms with Gasteiger partial charge in [0, 0.05) is 38.6 Å². The third-order valence-corrected chi connectivity index (χ3v) is 10.8. The Kier molecular flexibility index (Phi) is 6.32. The van der Waals surface area contributed by atoms with E-state index in [4.69, 9.17) is 14.4 Å². The zero-order valence-electron chi connectivity index (χ0n) is 29.0. The predicted octanol–water partition coefficient (Wildman–Crippen LogP) is 12.5. The number of aromatic nitrogens is 3. The van der Waals surface area contributed by atoms with Crippen molar-refractivity contribution in [2.45, 2.75) is 33.1 Å². The van der Waals surface area contributed by atoms with Crippen molar-refractivity contribution in [3.8, 4) is 39.5 Å². The van der Waals surface area contributed by atoms with Crippen LogP contribution in [0, 0.1) is 6.92 Å². The van der Waals surface area contributed by atoms with Crippen LogP contribution in [0.4, 0.5) is 0 Å². The number of rotatable bonds is 4. The lowest BCUT2D eigenvalue weighted by molar-refractivity contribution is 0.630. The van der Waals surface area contributed by atoms with Crippen molar-refractivity contribution in [2.75, 3.05) is 0 Å². The largest absolute Gasteiger partial charge is 0.454 e. The highest BCUT2D eigenvalue weighted by atomic mass is 16.3. The number of fused-ring (bicyclic) bond motifs is 8. The summed E-state index contributed by atoms with van der Waals surface area (Å²) in [6.07, 6.45) is 4.19. The van der Waals surface area contributed by atoms with Crippen LogP contribution in [0.3, 0.4) is 0 Å². The van der Waals surface area contributed by atoms with Crippen LogP contribution < -0.4 is 0 Å². The van der Waals surface area contributed by atoms with E-state index in [1.807, 2.05) is 13.0 Å². The van der Waals surface area contributed by atoms with Crippen molar-refractivity contribution < 1.29 is 4.42 Å². The Hall–Kier alpha value is -6.26. The second-order valence-corrected chi connectivity index (χ2v) is 14.2. The summed E-state index contributed by atoms with van der Waals surface area (Å²) in [5, 5.41) is 4.67. The predicted molar refractivity (Wildman–Crippen MR) is 212 cm³/mol. The average molecular weight is 658 g/mol. The highest BCUT2D eigenvalue weighted by Crippen LogP contribution is 2.50. The summed E-state index contributed by atoms with van der Waals surface area (Å²) in [6, 6.07) is 45.6. The van der Waals surface area contributed by atoms with Gasteiger partial charge >= 0.3 is 0 Å². The van der Waals surface area contributed by atoms with E-state index in [1.54, 1.807) is 0 Å². The summed E-state index contributed by atoms with van der Waals surface area (Å²) in [5.41, 5.74) is 15.1. The molecule has 0 unspecified atom stereocenters. The van der Waals surface area contributed by atoms with Crippen LogP contribution in [0.5, 0.6) is 0 Å². The molecule has 4 heterocycles. The van der Waals surface area contributed by atoms with Gasteiger partial charge in [-0.15, -0.1) is 0 Å². The molecule has 6 aromatic carbocycles. The Balaban J connectivity index is 1.14. The zero-order valence-corrected chi connectivity index (χ0v) is 29.0. The van der Waals surface area contributed by atoms with E-state index in [0.717, 1.165) is 72.5 Å². The molecule has 3 aromatic heterocycles. The van der Waals surface area contributed by atoms with Gasteiger partial charge in [-0.25, -0.2) is 9.97 Å². The minimum atomic E-state index is -0.222. The van der Waals surface area contributed by atoms with E-state index in [0.29, 0.717) is 0 Å². The lowest BCUT2D eigenvalue weighted by Crippen LogP contribution is -2.26. The fourth-order valence-electron chi connectivity index (χ4n) is 8.37. The van der Waals surface area contributed by atoms with Crippen LogP contribution in [0.1, 0.15) is 43.2 Å². The third-order valence-electron chi connectivity index (χ3n) is 10.8. The highest BCUT2D eigenvalue weighted by molar-refractivity contribution is 6.18. The van der Waals surface area contributed by atoms with Gasteiger partial charge in [0.15, 0.2) is 11.4 Å². The molecular formula is C47H35N3O. The van der Waals surface area contributed by atoms with Gasteiger partial charge in [0.25, 0.3) is 0 Å². The normalized spacial score (nSPS) is 13.6. The van der Waals surface area contributed by atoms with Gasteiger partial charge in [0.05, 0.1) is 16.9 Å². The van der Waals surface area contributed by atoms with Gasteiger partial charge < -0.3 is 8.98 Å². The number of nitrogens with zero attached hydrogens (tertiary/aromatic N) is 3. The van der Waals surface area contributed by atoms with E-state index >= 15 is 0 Å². The fourth-order valence-corrected chi connectivity index (χ4v) is 8.37. The van der Waals surface area contributed by atoms with Gasteiger partial charge in [-0.1, -0.05) is 117 Å². The summed E-state index contributed by atoms with van der Waals surface area (Å²) < 4.78 is 8.95. The number of aryl methyl sites for hydroxylation is 1. The SMILES string of the molecule is C/C=C\c1c(C)nc(-c2cccc(-c3ccc4c(c3)C(C)(C)c3cccc5c6oc7ccccc7c6n-4c35)c2)nc1-c1cccc2ccccc12. The van der Waals surface area contributed by atoms with Crippen LogP contribution in [0.25, 0.3) is 89.3 Å². The van der Waals surface area contributed by atoms with Crippen molar-refractivity contribution in [1.29, 1.82) is 0 Å². The molecule has 10 rings (SSSR count). The molecule has 244 valence electrons. The van der Waals surface area contributed by atoms with Crippen LogP contribution in [0.15, 0.2) is 138 Å². The molecule has 9 aromatic rings. The molecule has 1 aliphatic rings. The first kappa shape index (κ1) is 29.6. The summed E-state index contributed by atoms with van der Waals surface area (Å²) in [5.74, 6) is 0.724. The molecule has 0 radical (unpaired) electrons. The summed E-state index contributed by atoms with van der Waals surface area (Å²) in [6.45, 7) is 8.81. The molecule has 0 saturated carbocycles. The average Bonchev–Trinajstić information content (AvgIpc) is 3.70. The molecule has 0 spiro atoms. The van der Waals surface area contributed by atoms with Gasteiger partial charge in [-0.05, 0) is 83.3 Å². The van der Waals surface area contributed by atoms with Gasteiger partial charge in [0.1, 0.15) is 11.1 Å². The number of para-hydroxylation sites is 2. The minimum Gasteiger partial charge on any atom is -0.454 e. The topological polar surface area (TPSA) is 43.9 Å². The Morgan fingerprint density at radius 3 is 2.25 bits per heavy atom. The number of hydrogen-bond donors (Lipinski definition) is 0. The quantitative estimate of drug-likeness (QED) is 0.189. The van der Waals surface area contributed by atoms with Crippen molar-refractivity contribution in [1.82, 2.24) is 14.5 Å². The molecule has 0 atom stereocenters. The molecule has 1 aliphatic heterocycles. The first-order valence-electron chi connectivity index (χ1n) is 17.6. The second-order valence-electron chi connectivity index (χ2n) is 14.2. The van der Waals surface area contributed by atoms with Crippen molar-refractivity contribution in [2.24, 2.45) is 0 Å². The second kappa shape index (κ2) is 10.9. The lowest BCUT2D eigenvalue weighted by atomic mass is 9.74. The maximum atomic E-state index is 6.51. The molecule has 0 saturated heterocycles. The first-order valence-corrected chi connectivity index (χ1v) is 17.6. The smallest absolute Gasteiger partial charge is 0.161 e. The number of hydrogen-bond acceptors (Lipinski definition) is 3.